The van der Waals surface area contributed by atoms with Crippen LogP contribution in [-0.2, 0) is 23.1 Å². The summed E-state index contributed by atoms with van der Waals surface area (Å²) in [7, 11) is 0.395. The third-order valence-electron chi connectivity index (χ3n) is 5.47. The van der Waals surface area contributed by atoms with Gasteiger partial charge >= 0.3 is 0 Å². The van der Waals surface area contributed by atoms with Gasteiger partial charge in [0.05, 0.1) is 29.4 Å². The molecule has 1 aromatic heterocycles. The molecule has 0 bridgehead atoms. The number of nitrogens with one attached hydrogen (secondary N) is 1. The number of amides is 1. The summed E-state index contributed by atoms with van der Waals surface area (Å²) in [5.41, 5.74) is 3.96. The third-order valence-corrected chi connectivity index (χ3v) is 6.80. The third kappa shape index (κ3) is 5.43. The van der Waals surface area contributed by atoms with Gasteiger partial charge in [0.25, 0.3) is 5.91 Å². The van der Waals surface area contributed by atoms with Gasteiger partial charge in [-0.05, 0) is 56.3 Å². The Bertz CT molecular complexity index is 1310. The van der Waals surface area contributed by atoms with E-state index in [0.717, 1.165) is 27.3 Å². The van der Waals surface area contributed by atoms with Gasteiger partial charge in [-0.3, -0.25) is 9.00 Å². The predicted molar refractivity (Wildman–Crippen MR) is 132 cm³/mol. The minimum Gasteiger partial charge on any atom is -0.496 e. The lowest BCUT2D eigenvalue weighted by Gasteiger charge is -2.09. The number of hydrogen-bond donors (Lipinski definition) is 1. The highest BCUT2D eigenvalue weighted by Crippen LogP contribution is 2.24. The Labute approximate surface area is 201 Å². The summed E-state index contributed by atoms with van der Waals surface area (Å²) in [6.07, 6.45) is 0. The number of aryl methyl sites for hydroxylation is 2. The van der Waals surface area contributed by atoms with E-state index >= 15 is 0 Å². The minimum atomic E-state index is -1.21. The summed E-state index contributed by atoms with van der Waals surface area (Å²) in [6, 6.07) is 22.3. The Morgan fingerprint density at radius 3 is 2.41 bits per heavy atom. The Morgan fingerprint density at radius 1 is 1.00 bits per heavy atom. The van der Waals surface area contributed by atoms with Crippen molar-refractivity contribution < 1.29 is 18.2 Å². The SMILES string of the molecule is COc1ccccc1CNC(=O)c1ccc(-c2nc(C[S@](=O)c3ccc(C)cc3)c(C)o2)cc1. The van der Waals surface area contributed by atoms with Crippen LogP contribution in [0.3, 0.4) is 0 Å². The van der Waals surface area contributed by atoms with Gasteiger partial charge in [0, 0.05) is 28.1 Å². The van der Waals surface area contributed by atoms with E-state index in [1.807, 2.05) is 62.4 Å². The highest BCUT2D eigenvalue weighted by molar-refractivity contribution is 7.84. The van der Waals surface area contributed by atoms with E-state index < -0.39 is 10.8 Å². The first kappa shape index (κ1) is 23.4. The number of ether oxygens (including phenoxy) is 1. The first-order chi connectivity index (χ1) is 16.4. The molecule has 0 spiro atoms. The van der Waals surface area contributed by atoms with E-state index in [-0.39, 0.29) is 11.7 Å². The zero-order chi connectivity index (χ0) is 24.1. The van der Waals surface area contributed by atoms with Crippen LogP contribution < -0.4 is 10.1 Å². The van der Waals surface area contributed by atoms with E-state index in [1.54, 1.807) is 31.4 Å². The maximum absolute atomic E-state index is 12.7. The molecule has 1 heterocycles. The number of benzene rings is 3. The van der Waals surface area contributed by atoms with Crippen molar-refractivity contribution in [3.8, 4) is 17.2 Å². The standard InChI is InChI=1S/C27H26N2O4S/c1-18-8-14-23(15-9-18)34(31)17-24-19(2)33-27(29-24)21-12-10-20(11-13-21)26(30)28-16-22-6-4-5-7-25(22)32-3/h4-15H,16-17H2,1-3H3,(H,28,30)/t34-/m0/s1. The van der Waals surface area contributed by atoms with Crippen molar-refractivity contribution in [3.05, 3.63) is 101 Å². The summed E-state index contributed by atoms with van der Waals surface area (Å²) in [5.74, 6) is 1.90. The molecule has 0 saturated heterocycles. The number of methoxy groups -OCH3 is 1. The highest BCUT2D eigenvalue weighted by Gasteiger charge is 2.16. The Hall–Kier alpha value is -3.71. The number of hydrogen-bond acceptors (Lipinski definition) is 5. The average Bonchev–Trinajstić information content (AvgIpc) is 3.23. The molecule has 0 radical (unpaired) electrons. The second-order valence-corrected chi connectivity index (χ2v) is 9.35. The zero-order valence-electron chi connectivity index (χ0n) is 19.3. The fraction of sp³-hybridized carbons (Fsp3) is 0.185. The van der Waals surface area contributed by atoms with Crippen LogP contribution in [0.25, 0.3) is 11.5 Å². The van der Waals surface area contributed by atoms with Crippen molar-refractivity contribution in [3.63, 3.8) is 0 Å². The largest absolute Gasteiger partial charge is 0.496 e. The molecule has 0 aliphatic rings. The summed E-state index contributed by atoms with van der Waals surface area (Å²) >= 11 is 0. The lowest BCUT2D eigenvalue weighted by molar-refractivity contribution is 0.0950. The molecular weight excluding hydrogens is 448 g/mol. The van der Waals surface area contributed by atoms with Gasteiger partial charge in [-0.15, -0.1) is 0 Å². The molecule has 34 heavy (non-hydrogen) atoms. The zero-order valence-corrected chi connectivity index (χ0v) is 20.1. The molecule has 0 aliphatic carbocycles. The van der Waals surface area contributed by atoms with Crippen molar-refractivity contribution in [1.29, 1.82) is 0 Å². The molecule has 1 atom stereocenters. The normalized spacial score (nSPS) is 11.7. The van der Waals surface area contributed by atoms with Gasteiger partial charge in [0.15, 0.2) is 0 Å². The van der Waals surface area contributed by atoms with Crippen molar-refractivity contribution >= 4 is 16.7 Å². The fourth-order valence-corrected chi connectivity index (χ4v) is 4.60. The Kier molecular flexibility index (Phi) is 7.23. The van der Waals surface area contributed by atoms with Crippen molar-refractivity contribution in [2.45, 2.75) is 31.0 Å². The molecule has 3 aromatic carbocycles. The van der Waals surface area contributed by atoms with E-state index in [0.29, 0.717) is 29.5 Å². The topological polar surface area (TPSA) is 81.4 Å². The molecule has 0 fully saturated rings. The molecule has 4 aromatic rings. The minimum absolute atomic E-state index is 0.185. The smallest absolute Gasteiger partial charge is 0.251 e. The fourth-order valence-electron chi connectivity index (χ4n) is 3.47. The predicted octanol–water partition coefficient (Wildman–Crippen LogP) is 5.20. The lowest BCUT2D eigenvalue weighted by atomic mass is 10.1. The molecule has 0 saturated carbocycles. The van der Waals surface area contributed by atoms with Crippen LogP contribution in [0.4, 0.5) is 0 Å². The molecule has 4 rings (SSSR count). The highest BCUT2D eigenvalue weighted by atomic mass is 32.2. The first-order valence-electron chi connectivity index (χ1n) is 10.9. The van der Waals surface area contributed by atoms with Crippen LogP contribution in [0, 0.1) is 13.8 Å². The number of oxazole rings is 1. The van der Waals surface area contributed by atoms with Crippen LogP contribution in [0.2, 0.25) is 0 Å². The van der Waals surface area contributed by atoms with Gasteiger partial charge in [0.2, 0.25) is 5.89 Å². The number of nitrogens with zero attached hydrogens (tertiary/aromatic N) is 1. The lowest BCUT2D eigenvalue weighted by Crippen LogP contribution is -2.22. The average molecular weight is 475 g/mol. The second kappa shape index (κ2) is 10.5. The molecule has 6 nitrogen and oxygen atoms in total. The molecule has 0 aliphatic heterocycles. The van der Waals surface area contributed by atoms with Crippen molar-refractivity contribution in [2.75, 3.05) is 7.11 Å². The van der Waals surface area contributed by atoms with Gasteiger partial charge in [0.1, 0.15) is 11.5 Å². The number of aromatic nitrogens is 1. The molecule has 1 amide bonds. The van der Waals surface area contributed by atoms with E-state index in [2.05, 4.69) is 10.3 Å². The summed E-state index contributed by atoms with van der Waals surface area (Å²) in [6.45, 7) is 4.18. The van der Waals surface area contributed by atoms with Crippen LogP contribution in [0.5, 0.6) is 5.75 Å². The van der Waals surface area contributed by atoms with Gasteiger partial charge < -0.3 is 14.5 Å². The molecule has 0 unspecified atom stereocenters. The summed E-state index contributed by atoms with van der Waals surface area (Å²) in [4.78, 5) is 17.9. The second-order valence-electron chi connectivity index (χ2n) is 7.90. The Balaban J connectivity index is 1.42. The molecular formula is C27H26N2O4S. The van der Waals surface area contributed by atoms with Crippen molar-refractivity contribution in [2.24, 2.45) is 0 Å². The first-order valence-corrected chi connectivity index (χ1v) is 12.2. The number of carbonyl (C=O) groups is 1. The summed E-state index contributed by atoms with van der Waals surface area (Å²) < 4.78 is 23.9. The van der Waals surface area contributed by atoms with Crippen molar-refractivity contribution in [1.82, 2.24) is 10.3 Å². The molecule has 174 valence electrons. The van der Waals surface area contributed by atoms with Gasteiger partial charge in [-0.1, -0.05) is 35.9 Å². The van der Waals surface area contributed by atoms with Crippen LogP contribution in [-0.4, -0.2) is 22.2 Å². The van der Waals surface area contributed by atoms with E-state index in [1.165, 1.54) is 0 Å². The summed E-state index contributed by atoms with van der Waals surface area (Å²) in [5, 5.41) is 2.91. The van der Waals surface area contributed by atoms with Gasteiger partial charge in [-0.25, -0.2) is 4.98 Å². The van der Waals surface area contributed by atoms with E-state index in [4.69, 9.17) is 9.15 Å². The quantitative estimate of drug-likeness (QED) is 0.379. The monoisotopic (exact) mass is 474 g/mol. The maximum Gasteiger partial charge on any atom is 0.251 e. The van der Waals surface area contributed by atoms with Crippen LogP contribution in [0.15, 0.2) is 82.1 Å². The maximum atomic E-state index is 12.7. The molecule has 7 heteroatoms. The number of rotatable bonds is 8. The van der Waals surface area contributed by atoms with E-state index in [9.17, 15) is 9.00 Å². The van der Waals surface area contributed by atoms with Crippen LogP contribution in [0.1, 0.15) is 32.9 Å². The van der Waals surface area contributed by atoms with Gasteiger partial charge in [-0.2, -0.15) is 0 Å². The molecule has 1 N–H and O–H groups in total. The van der Waals surface area contributed by atoms with Crippen LogP contribution >= 0.6 is 0 Å². The Morgan fingerprint density at radius 2 is 1.71 bits per heavy atom. The number of para-hydroxylation sites is 1. The number of carbonyl (C=O) groups excluding carboxylic acids is 1.